The minimum atomic E-state index is 0. The molecular formula is C24H30ClN3O. The number of hydrogen-bond acceptors (Lipinski definition) is 2. The predicted molar refractivity (Wildman–Crippen MR) is 113 cm³/mol. The van der Waals surface area contributed by atoms with E-state index in [1.165, 1.54) is 65.6 Å². The normalized spacial score (nSPS) is 19.6. The zero-order chi connectivity index (χ0) is 18.9. The standard InChI is InChI=1S/C24H29N3O.ClH/c1-28-22-10-9-17(15-18(22)16-27-13-5-2-6-14-27)23-24-20(11-12-25-23)19-7-3-4-8-21(19)26-24;/h3-4,7-10,15,23,25-26H,2,5-6,11-14,16H2,1H3;1H. The number of nitrogens with one attached hydrogen (secondary N) is 3. The topological polar surface area (TPSA) is 41.5 Å². The van der Waals surface area contributed by atoms with Gasteiger partial charge in [0.05, 0.1) is 26.2 Å². The van der Waals surface area contributed by atoms with Crippen molar-refractivity contribution in [3.05, 3.63) is 64.8 Å². The molecule has 2 aliphatic heterocycles. The zero-order valence-electron chi connectivity index (χ0n) is 17.1. The van der Waals surface area contributed by atoms with Crippen molar-refractivity contribution >= 4 is 10.9 Å². The van der Waals surface area contributed by atoms with E-state index in [9.17, 15) is 0 Å². The zero-order valence-corrected chi connectivity index (χ0v) is 17.8. The molecule has 0 spiro atoms. The van der Waals surface area contributed by atoms with Crippen LogP contribution < -0.4 is 27.4 Å². The third-order valence-corrected chi connectivity index (χ3v) is 6.50. The van der Waals surface area contributed by atoms with Crippen LogP contribution in [0.3, 0.4) is 0 Å². The number of rotatable bonds is 4. The van der Waals surface area contributed by atoms with Gasteiger partial charge in [-0.05, 0) is 55.0 Å². The summed E-state index contributed by atoms with van der Waals surface area (Å²) < 4.78 is 5.71. The van der Waals surface area contributed by atoms with E-state index in [1.54, 1.807) is 12.0 Å². The summed E-state index contributed by atoms with van der Waals surface area (Å²) in [7, 11) is 1.79. The van der Waals surface area contributed by atoms with Crippen molar-refractivity contribution in [3.8, 4) is 5.75 Å². The Balaban J connectivity index is 0.00000205. The number of quaternary nitrogens is 1. The molecule has 1 unspecified atom stereocenters. The Morgan fingerprint density at radius 2 is 1.90 bits per heavy atom. The summed E-state index contributed by atoms with van der Waals surface area (Å²) in [4.78, 5) is 5.38. The van der Waals surface area contributed by atoms with Crippen LogP contribution in [0.5, 0.6) is 5.75 Å². The van der Waals surface area contributed by atoms with Gasteiger partial charge >= 0.3 is 0 Å². The van der Waals surface area contributed by atoms with Gasteiger partial charge in [-0.25, -0.2) is 0 Å². The maximum Gasteiger partial charge on any atom is 0.127 e. The molecule has 154 valence electrons. The van der Waals surface area contributed by atoms with Crippen molar-refractivity contribution in [3.63, 3.8) is 0 Å². The van der Waals surface area contributed by atoms with Gasteiger partial charge in [0.1, 0.15) is 12.3 Å². The molecule has 1 fully saturated rings. The van der Waals surface area contributed by atoms with Crippen LogP contribution in [-0.4, -0.2) is 31.7 Å². The van der Waals surface area contributed by atoms with E-state index in [0.717, 1.165) is 25.3 Å². The smallest absolute Gasteiger partial charge is 0.127 e. The lowest BCUT2D eigenvalue weighted by Crippen LogP contribution is -3.11. The van der Waals surface area contributed by atoms with E-state index in [1.807, 2.05) is 0 Å². The highest BCUT2D eigenvalue weighted by Gasteiger charge is 2.26. The number of aromatic nitrogens is 1. The number of methoxy groups -OCH3 is 1. The average molecular weight is 412 g/mol. The molecule has 1 saturated heterocycles. The summed E-state index contributed by atoms with van der Waals surface area (Å²) in [5.41, 5.74) is 6.71. The lowest BCUT2D eigenvalue weighted by molar-refractivity contribution is -0.918. The summed E-state index contributed by atoms with van der Waals surface area (Å²) in [6.07, 6.45) is 5.16. The van der Waals surface area contributed by atoms with Gasteiger partial charge in [-0.2, -0.15) is 0 Å². The second-order valence-electron chi connectivity index (χ2n) is 8.26. The first kappa shape index (κ1) is 20.3. The number of hydrogen-bond donors (Lipinski definition) is 3. The average Bonchev–Trinajstić information content (AvgIpc) is 3.13. The molecule has 3 heterocycles. The van der Waals surface area contributed by atoms with Crippen LogP contribution in [0.2, 0.25) is 0 Å². The first-order valence-corrected chi connectivity index (χ1v) is 10.7. The number of benzene rings is 2. The minimum absolute atomic E-state index is 0. The number of ether oxygens (including phenoxy) is 1. The van der Waals surface area contributed by atoms with Crippen molar-refractivity contribution in [2.24, 2.45) is 0 Å². The van der Waals surface area contributed by atoms with Gasteiger partial charge in [-0.15, -0.1) is 0 Å². The number of likely N-dealkylation sites (tertiary alicyclic amines) is 1. The molecule has 3 aromatic rings. The molecule has 29 heavy (non-hydrogen) atoms. The van der Waals surface area contributed by atoms with E-state index in [-0.39, 0.29) is 18.4 Å². The Morgan fingerprint density at radius 1 is 1.07 bits per heavy atom. The quantitative estimate of drug-likeness (QED) is 0.565. The number of para-hydroxylation sites is 1. The molecule has 1 atom stereocenters. The van der Waals surface area contributed by atoms with Crippen LogP contribution in [0, 0.1) is 0 Å². The third kappa shape index (κ3) is 3.89. The Bertz CT molecular complexity index is 977. The summed E-state index contributed by atoms with van der Waals surface area (Å²) in [5.74, 6) is 1.02. The van der Waals surface area contributed by atoms with E-state index in [4.69, 9.17) is 4.74 Å². The van der Waals surface area contributed by atoms with Gasteiger partial charge in [0, 0.05) is 28.7 Å². The second-order valence-corrected chi connectivity index (χ2v) is 8.26. The van der Waals surface area contributed by atoms with Gasteiger partial charge < -0.3 is 32.3 Å². The molecule has 4 nitrogen and oxygen atoms in total. The Labute approximate surface area is 179 Å². The Hall–Kier alpha value is -2.01. The van der Waals surface area contributed by atoms with Gasteiger partial charge in [0.25, 0.3) is 0 Å². The van der Waals surface area contributed by atoms with Crippen molar-refractivity contribution in [2.45, 2.75) is 38.3 Å². The molecule has 2 aromatic carbocycles. The SMILES string of the molecule is COc1ccc(C2NCCc3c2[nH]c2ccccc32)cc1C[NH+]1CCCCC1.[Cl-]. The molecule has 0 amide bonds. The fourth-order valence-corrected chi connectivity index (χ4v) is 5.08. The molecule has 5 heteroatoms. The van der Waals surface area contributed by atoms with E-state index in [2.05, 4.69) is 52.8 Å². The van der Waals surface area contributed by atoms with Crippen molar-refractivity contribution < 1.29 is 22.0 Å². The van der Waals surface area contributed by atoms with Crippen molar-refractivity contribution in [1.82, 2.24) is 10.3 Å². The monoisotopic (exact) mass is 411 g/mol. The van der Waals surface area contributed by atoms with Crippen LogP contribution in [0.1, 0.15) is 47.7 Å². The fourth-order valence-electron chi connectivity index (χ4n) is 5.08. The second kappa shape index (κ2) is 8.78. The van der Waals surface area contributed by atoms with Crippen molar-refractivity contribution in [2.75, 3.05) is 26.7 Å². The molecule has 3 N–H and O–H groups in total. The minimum Gasteiger partial charge on any atom is -1.00 e. The fraction of sp³-hybridized carbons (Fsp3) is 0.417. The summed E-state index contributed by atoms with van der Waals surface area (Å²) in [6, 6.07) is 15.7. The number of H-pyrrole nitrogens is 1. The van der Waals surface area contributed by atoms with Gasteiger partial charge in [-0.1, -0.05) is 24.3 Å². The van der Waals surface area contributed by atoms with Crippen LogP contribution >= 0.6 is 0 Å². The lowest BCUT2D eigenvalue weighted by Gasteiger charge is -2.27. The van der Waals surface area contributed by atoms with Crippen molar-refractivity contribution in [1.29, 1.82) is 0 Å². The van der Waals surface area contributed by atoms with Crippen LogP contribution in [-0.2, 0) is 13.0 Å². The van der Waals surface area contributed by atoms with Gasteiger partial charge in [-0.3, -0.25) is 0 Å². The predicted octanol–water partition coefficient (Wildman–Crippen LogP) is -0.0156. The lowest BCUT2D eigenvalue weighted by atomic mass is 9.93. The Kier molecular flexibility index (Phi) is 6.14. The first-order valence-electron chi connectivity index (χ1n) is 10.7. The molecule has 2 aliphatic rings. The van der Waals surface area contributed by atoms with Gasteiger partial charge in [0.2, 0.25) is 0 Å². The molecular weight excluding hydrogens is 382 g/mol. The van der Waals surface area contributed by atoms with Crippen LogP contribution in [0.25, 0.3) is 10.9 Å². The molecule has 0 saturated carbocycles. The molecule has 0 aliphatic carbocycles. The number of halogens is 1. The van der Waals surface area contributed by atoms with Gasteiger partial charge in [0.15, 0.2) is 0 Å². The van der Waals surface area contributed by atoms with E-state index < -0.39 is 0 Å². The first-order chi connectivity index (χ1) is 13.8. The maximum atomic E-state index is 5.71. The maximum absolute atomic E-state index is 5.71. The van der Waals surface area contributed by atoms with E-state index in [0.29, 0.717) is 0 Å². The van der Waals surface area contributed by atoms with E-state index >= 15 is 0 Å². The highest BCUT2D eigenvalue weighted by Crippen LogP contribution is 2.34. The summed E-state index contributed by atoms with van der Waals surface area (Å²) in [6.45, 7) is 4.63. The largest absolute Gasteiger partial charge is 1.00 e. The highest BCUT2D eigenvalue weighted by atomic mass is 35.5. The Morgan fingerprint density at radius 3 is 2.72 bits per heavy atom. The number of aromatic amines is 1. The third-order valence-electron chi connectivity index (χ3n) is 6.50. The number of fused-ring (bicyclic) bond motifs is 3. The van der Waals surface area contributed by atoms with Crippen LogP contribution in [0.4, 0.5) is 0 Å². The molecule has 0 bridgehead atoms. The number of piperidine rings is 1. The molecule has 5 rings (SSSR count). The summed E-state index contributed by atoms with van der Waals surface area (Å²) in [5, 5.41) is 5.11. The molecule has 1 aromatic heterocycles. The van der Waals surface area contributed by atoms with Crippen LogP contribution in [0.15, 0.2) is 42.5 Å². The molecule has 0 radical (unpaired) electrons. The summed E-state index contributed by atoms with van der Waals surface area (Å²) >= 11 is 0. The highest BCUT2D eigenvalue weighted by molar-refractivity contribution is 5.85.